The molecule has 0 amide bonds. The van der Waals surface area contributed by atoms with Gasteiger partial charge in [0.2, 0.25) is 0 Å². The van der Waals surface area contributed by atoms with Gasteiger partial charge in [-0.3, -0.25) is 4.79 Å². The summed E-state index contributed by atoms with van der Waals surface area (Å²) < 4.78 is 5.28. The zero-order valence-corrected chi connectivity index (χ0v) is 11.9. The first kappa shape index (κ1) is 14.3. The highest BCUT2D eigenvalue weighted by atomic mass is 16.4. The van der Waals surface area contributed by atoms with E-state index in [2.05, 4.69) is 0 Å². The highest BCUT2D eigenvalue weighted by Gasteiger charge is 2.17. The van der Waals surface area contributed by atoms with Crippen LogP contribution in [0.25, 0.3) is 21.7 Å². The summed E-state index contributed by atoms with van der Waals surface area (Å²) in [4.78, 5) is 24.1. The summed E-state index contributed by atoms with van der Waals surface area (Å²) in [5.74, 6) is -0.365. The first-order chi connectivity index (χ1) is 10.5. The molecular formula is C17H14O5. The molecule has 3 rings (SSSR count). The molecule has 0 unspecified atom stereocenters. The molecule has 0 aliphatic rings. The standard InChI is InChI=1S/C17H14O5/c1-9(19)13-7-11(20)8-14-16(13)12-4-2-3-10(5-6-18)15(12)17(21)22-14/h2-4,7-8,18,20H,5-6H2,1H3. The predicted molar refractivity (Wildman–Crippen MR) is 82.4 cm³/mol. The van der Waals surface area contributed by atoms with Crippen LogP contribution in [0.3, 0.4) is 0 Å². The van der Waals surface area contributed by atoms with Gasteiger partial charge in [0, 0.05) is 29.0 Å². The van der Waals surface area contributed by atoms with E-state index in [1.807, 2.05) is 0 Å². The first-order valence-corrected chi connectivity index (χ1v) is 6.86. The van der Waals surface area contributed by atoms with Crippen molar-refractivity contribution < 1.29 is 19.4 Å². The Balaban J connectivity index is 2.57. The SMILES string of the molecule is CC(=O)c1cc(O)cc2oc(=O)c3c(CCO)cccc3c12. The van der Waals surface area contributed by atoms with Crippen molar-refractivity contribution in [3.05, 3.63) is 51.9 Å². The van der Waals surface area contributed by atoms with Gasteiger partial charge in [-0.1, -0.05) is 18.2 Å². The largest absolute Gasteiger partial charge is 0.508 e. The third kappa shape index (κ3) is 2.16. The number of phenolic OH excluding ortho intramolecular Hbond substituents is 1. The Labute approximate surface area is 125 Å². The van der Waals surface area contributed by atoms with Crippen molar-refractivity contribution in [3.8, 4) is 5.75 Å². The Morgan fingerprint density at radius 1 is 1.23 bits per heavy atom. The molecule has 0 bridgehead atoms. The van der Waals surface area contributed by atoms with E-state index in [0.29, 0.717) is 33.7 Å². The number of benzene rings is 2. The average molecular weight is 298 g/mol. The maximum absolute atomic E-state index is 12.3. The van der Waals surface area contributed by atoms with Crippen LogP contribution in [0.5, 0.6) is 5.75 Å². The maximum Gasteiger partial charge on any atom is 0.344 e. The van der Waals surface area contributed by atoms with Crippen LogP contribution >= 0.6 is 0 Å². The summed E-state index contributed by atoms with van der Waals surface area (Å²) in [5, 5.41) is 20.3. The van der Waals surface area contributed by atoms with E-state index in [1.165, 1.54) is 19.1 Å². The molecule has 1 aromatic heterocycles. The number of Topliss-reactive ketones (excluding diaryl/α,β-unsaturated/α-hetero) is 1. The summed E-state index contributed by atoms with van der Waals surface area (Å²) in [6, 6.07) is 7.93. The predicted octanol–water partition coefficient (Wildman–Crippen LogP) is 2.39. The lowest BCUT2D eigenvalue weighted by Gasteiger charge is -2.10. The minimum Gasteiger partial charge on any atom is -0.508 e. The molecule has 0 spiro atoms. The van der Waals surface area contributed by atoms with Crippen LogP contribution in [0, 0.1) is 0 Å². The van der Waals surface area contributed by atoms with Crippen LogP contribution in [-0.2, 0) is 6.42 Å². The fourth-order valence-electron chi connectivity index (χ4n) is 2.77. The van der Waals surface area contributed by atoms with Crippen LogP contribution in [0.1, 0.15) is 22.8 Å². The van der Waals surface area contributed by atoms with Crippen molar-refractivity contribution in [2.45, 2.75) is 13.3 Å². The van der Waals surface area contributed by atoms with Crippen molar-refractivity contribution in [1.82, 2.24) is 0 Å². The molecule has 22 heavy (non-hydrogen) atoms. The van der Waals surface area contributed by atoms with Gasteiger partial charge >= 0.3 is 5.63 Å². The lowest BCUT2D eigenvalue weighted by atomic mass is 9.97. The molecular weight excluding hydrogens is 284 g/mol. The van der Waals surface area contributed by atoms with Crippen molar-refractivity contribution in [2.24, 2.45) is 0 Å². The van der Waals surface area contributed by atoms with Crippen LogP contribution in [0.15, 0.2) is 39.5 Å². The fraction of sp³-hybridized carbons (Fsp3) is 0.176. The number of ketones is 1. The monoisotopic (exact) mass is 298 g/mol. The van der Waals surface area contributed by atoms with Gasteiger partial charge in [0.25, 0.3) is 0 Å². The number of aliphatic hydroxyl groups excluding tert-OH is 1. The number of carbonyl (C=O) groups is 1. The Hall–Kier alpha value is -2.66. The smallest absolute Gasteiger partial charge is 0.344 e. The normalized spacial score (nSPS) is 11.2. The number of phenols is 1. The average Bonchev–Trinajstić information content (AvgIpc) is 2.46. The van der Waals surface area contributed by atoms with Crippen molar-refractivity contribution in [3.63, 3.8) is 0 Å². The summed E-state index contributed by atoms with van der Waals surface area (Å²) in [7, 11) is 0. The van der Waals surface area contributed by atoms with Crippen LogP contribution < -0.4 is 5.63 Å². The topological polar surface area (TPSA) is 87.7 Å². The number of carbonyl (C=O) groups excluding carboxylic acids is 1. The van der Waals surface area contributed by atoms with Crippen LogP contribution in [0.2, 0.25) is 0 Å². The number of hydrogen-bond donors (Lipinski definition) is 2. The lowest BCUT2D eigenvalue weighted by molar-refractivity contribution is 0.101. The second kappa shape index (κ2) is 5.27. The van der Waals surface area contributed by atoms with Gasteiger partial charge in [0.05, 0.1) is 5.39 Å². The molecule has 112 valence electrons. The number of aromatic hydroxyl groups is 1. The van der Waals surface area contributed by atoms with E-state index < -0.39 is 5.63 Å². The van der Waals surface area contributed by atoms with E-state index in [0.717, 1.165) is 0 Å². The molecule has 0 atom stereocenters. The van der Waals surface area contributed by atoms with E-state index in [9.17, 15) is 14.7 Å². The Morgan fingerprint density at radius 3 is 2.68 bits per heavy atom. The Bertz CT molecular complexity index is 953. The summed E-state index contributed by atoms with van der Waals surface area (Å²) in [6.07, 6.45) is 0.321. The van der Waals surface area contributed by atoms with E-state index >= 15 is 0 Å². The summed E-state index contributed by atoms with van der Waals surface area (Å²) in [6.45, 7) is 1.30. The van der Waals surface area contributed by atoms with Crippen molar-refractivity contribution >= 4 is 27.5 Å². The number of fused-ring (bicyclic) bond motifs is 3. The molecule has 0 aliphatic heterocycles. The molecule has 0 fully saturated rings. The molecule has 2 aromatic carbocycles. The molecule has 5 nitrogen and oxygen atoms in total. The van der Waals surface area contributed by atoms with Gasteiger partial charge in [0.15, 0.2) is 5.78 Å². The molecule has 1 heterocycles. The molecule has 0 aliphatic carbocycles. The van der Waals surface area contributed by atoms with Gasteiger partial charge in [-0.05, 0) is 25.0 Å². The van der Waals surface area contributed by atoms with Crippen molar-refractivity contribution in [2.75, 3.05) is 6.61 Å². The Morgan fingerprint density at radius 2 is 2.00 bits per heavy atom. The molecule has 0 saturated carbocycles. The van der Waals surface area contributed by atoms with Crippen molar-refractivity contribution in [1.29, 1.82) is 0 Å². The van der Waals surface area contributed by atoms with Crippen LogP contribution in [-0.4, -0.2) is 22.6 Å². The molecule has 3 aromatic rings. The van der Waals surface area contributed by atoms with Gasteiger partial charge in [-0.15, -0.1) is 0 Å². The van der Waals surface area contributed by atoms with E-state index in [4.69, 9.17) is 9.52 Å². The third-order valence-corrected chi connectivity index (χ3v) is 3.67. The van der Waals surface area contributed by atoms with Gasteiger partial charge in [0.1, 0.15) is 11.3 Å². The minimum absolute atomic E-state index is 0.0915. The lowest BCUT2D eigenvalue weighted by Crippen LogP contribution is -2.06. The second-order valence-electron chi connectivity index (χ2n) is 5.13. The van der Waals surface area contributed by atoms with Gasteiger partial charge in [-0.2, -0.15) is 0 Å². The number of aliphatic hydroxyl groups is 1. The molecule has 2 N–H and O–H groups in total. The zero-order valence-electron chi connectivity index (χ0n) is 11.9. The highest BCUT2D eigenvalue weighted by Crippen LogP contribution is 2.31. The highest BCUT2D eigenvalue weighted by molar-refractivity contribution is 6.16. The summed E-state index contributed by atoms with van der Waals surface area (Å²) >= 11 is 0. The Kier molecular flexibility index (Phi) is 3.42. The van der Waals surface area contributed by atoms with Gasteiger partial charge in [-0.25, -0.2) is 4.79 Å². The first-order valence-electron chi connectivity index (χ1n) is 6.86. The maximum atomic E-state index is 12.3. The van der Waals surface area contributed by atoms with Crippen LogP contribution in [0.4, 0.5) is 0 Å². The quantitative estimate of drug-likeness (QED) is 0.440. The molecule has 0 radical (unpaired) electrons. The third-order valence-electron chi connectivity index (χ3n) is 3.67. The zero-order chi connectivity index (χ0) is 15.9. The molecule has 0 saturated heterocycles. The summed E-state index contributed by atoms with van der Waals surface area (Å²) in [5.41, 5.74) is 0.582. The molecule has 5 heteroatoms. The van der Waals surface area contributed by atoms with Gasteiger partial charge < -0.3 is 14.6 Å². The number of rotatable bonds is 3. The second-order valence-corrected chi connectivity index (χ2v) is 5.13. The van der Waals surface area contributed by atoms with E-state index in [-0.39, 0.29) is 23.7 Å². The minimum atomic E-state index is -0.549. The number of hydrogen-bond acceptors (Lipinski definition) is 5. The fourth-order valence-corrected chi connectivity index (χ4v) is 2.77. The van der Waals surface area contributed by atoms with E-state index in [1.54, 1.807) is 18.2 Å².